The summed E-state index contributed by atoms with van der Waals surface area (Å²) in [6, 6.07) is 0. The molecule has 0 saturated carbocycles. The highest BCUT2D eigenvalue weighted by Gasteiger charge is 2.06. The van der Waals surface area contributed by atoms with Crippen LogP contribution in [0, 0.1) is 0 Å². The average molecular weight is 170 g/mol. The molecule has 0 aromatic carbocycles. The second-order valence-electron chi connectivity index (χ2n) is 2.08. The normalized spacial score (nSPS) is 9.64. The molecular formula is C7H10N2OS. The van der Waals surface area contributed by atoms with Crippen LogP contribution >= 0.6 is 11.3 Å². The van der Waals surface area contributed by atoms with Crippen molar-refractivity contribution < 1.29 is 4.79 Å². The van der Waals surface area contributed by atoms with Crippen LogP contribution < -0.4 is 5.32 Å². The Morgan fingerprint density at radius 3 is 3.00 bits per heavy atom. The van der Waals surface area contributed by atoms with Crippen LogP contribution in [0.4, 0.5) is 0 Å². The number of hydrogen-bond donors (Lipinski definition) is 1. The summed E-state index contributed by atoms with van der Waals surface area (Å²) in [6.45, 7) is 2.02. The van der Waals surface area contributed by atoms with Gasteiger partial charge in [0.15, 0.2) is 5.01 Å². The first-order chi connectivity index (χ1) is 5.27. The molecule has 0 aliphatic heterocycles. The minimum absolute atomic E-state index is 0.102. The zero-order chi connectivity index (χ0) is 8.27. The first kappa shape index (κ1) is 8.20. The lowest BCUT2D eigenvalue weighted by Gasteiger charge is -1.90. The Hall–Kier alpha value is -0.900. The highest BCUT2D eigenvalue weighted by molar-refractivity contribution is 7.11. The van der Waals surface area contributed by atoms with E-state index < -0.39 is 0 Å². The van der Waals surface area contributed by atoms with Gasteiger partial charge in [0.1, 0.15) is 0 Å². The Kier molecular flexibility index (Phi) is 2.59. The van der Waals surface area contributed by atoms with E-state index >= 15 is 0 Å². The highest BCUT2D eigenvalue weighted by atomic mass is 32.1. The molecule has 1 rings (SSSR count). The molecule has 60 valence electrons. The fraction of sp³-hybridized carbons (Fsp3) is 0.429. The summed E-state index contributed by atoms with van der Waals surface area (Å²) < 4.78 is 0. The van der Waals surface area contributed by atoms with Crippen LogP contribution in [0.5, 0.6) is 0 Å². The van der Waals surface area contributed by atoms with E-state index in [1.807, 2.05) is 12.3 Å². The van der Waals surface area contributed by atoms with Gasteiger partial charge in [-0.2, -0.15) is 0 Å². The molecule has 1 aromatic heterocycles. The second-order valence-corrected chi connectivity index (χ2v) is 2.93. The monoisotopic (exact) mass is 170 g/mol. The molecule has 0 spiro atoms. The fourth-order valence-corrected chi connectivity index (χ4v) is 1.53. The third kappa shape index (κ3) is 1.77. The maximum atomic E-state index is 11.0. The van der Waals surface area contributed by atoms with Gasteiger partial charge in [-0.15, -0.1) is 11.3 Å². The lowest BCUT2D eigenvalue weighted by molar-refractivity contribution is 0.0962. The van der Waals surface area contributed by atoms with E-state index in [1.165, 1.54) is 11.3 Å². The van der Waals surface area contributed by atoms with E-state index in [9.17, 15) is 4.79 Å². The highest BCUT2D eigenvalue weighted by Crippen LogP contribution is 2.09. The fourth-order valence-electron chi connectivity index (χ4n) is 0.681. The van der Waals surface area contributed by atoms with Crippen molar-refractivity contribution in [3.63, 3.8) is 0 Å². The van der Waals surface area contributed by atoms with Crippen molar-refractivity contribution >= 4 is 17.2 Å². The molecule has 1 aromatic rings. The summed E-state index contributed by atoms with van der Waals surface area (Å²) in [4.78, 5) is 15.1. The molecule has 4 heteroatoms. The van der Waals surface area contributed by atoms with Gasteiger partial charge in [-0.3, -0.25) is 4.79 Å². The average Bonchev–Trinajstić information content (AvgIpc) is 2.50. The standard InChI is InChI=1S/C7H10N2OS/c1-3-5-4-11-7(9-5)6(10)8-2/h4H,3H2,1-2H3,(H,8,10). The van der Waals surface area contributed by atoms with E-state index in [0.717, 1.165) is 12.1 Å². The number of aryl methyl sites for hydroxylation is 1. The van der Waals surface area contributed by atoms with Crippen molar-refractivity contribution in [1.82, 2.24) is 10.3 Å². The largest absolute Gasteiger partial charge is 0.353 e. The number of nitrogens with one attached hydrogen (secondary N) is 1. The van der Waals surface area contributed by atoms with Gasteiger partial charge in [-0.1, -0.05) is 6.92 Å². The number of aromatic nitrogens is 1. The third-order valence-corrected chi connectivity index (χ3v) is 2.23. The summed E-state index contributed by atoms with van der Waals surface area (Å²) >= 11 is 1.38. The number of carbonyl (C=O) groups is 1. The van der Waals surface area contributed by atoms with E-state index in [0.29, 0.717) is 5.01 Å². The van der Waals surface area contributed by atoms with Crippen molar-refractivity contribution in [1.29, 1.82) is 0 Å². The lowest BCUT2D eigenvalue weighted by atomic mass is 10.4. The minimum Gasteiger partial charge on any atom is -0.353 e. The zero-order valence-electron chi connectivity index (χ0n) is 6.55. The molecule has 0 radical (unpaired) electrons. The first-order valence-electron chi connectivity index (χ1n) is 3.44. The summed E-state index contributed by atoms with van der Waals surface area (Å²) in [6.07, 6.45) is 0.882. The maximum absolute atomic E-state index is 11.0. The molecule has 0 fully saturated rings. The van der Waals surface area contributed by atoms with Crippen LogP contribution in [0.15, 0.2) is 5.38 Å². The van der Waals surface area contributed by atoms with E-state index in [1.54, 1.807) is 7.05 Å². The van der Waals surface area contributed by atoms with Crippen LogP contribution in [-0.2, 0) is 6.42 Å². The van der Waals surface area contributed by atoms with Crippen LogP contribution in [-0.4, -0.2) is 17.9 Å². The maximum Gasteiger partial charge on any atom is 0.280 e. The van der Waals surface area contributed by atoms with Crippen molar-refractivity contribution in [2.75, 3.05) is 7.05 Å². The van der Waals surface area contributed by atoms with Gasteiger partial charge in [0, 0.05) is 12.4 Å². The number of nitrogens with zero attached hydrogens (tertiary/aromatic N) is 1. The smallest absolute Gasteiger partial charge is 0.280 e. The Balaban J connectivity index is 2.80. The summed E-state index contributed by atoms with van der Waals surface area (Å²) in [7, 11) is 1.61. The Morgan fingerprint density at radius 1 is 1.82 bits per heavy atom. The molecule has 0 aliphatic rings. The van der Waals surface area contributed by atoms with Crippen LogP contribution in [0.2, 0.25) is 0 Å². The number of hydrogen-bond acceptors (Lipinski definition) is 3. The molecule has 11 heavy (non-hydrogen) atoms. The summed E-state index contributed by atoms with van der Waals surface area (Å²) in [5, 5.41) is 4.98. The molecule has 1 amide bonds. The summed E-state index contributed by atoms with van der Waals surface area (Å²) in [5.41, 5.74) is 0.980. The van der Waals surface area contributed by atoms with Gasteiger partial charge in [-0.05, 0) is 6.42 Å². The van der Waals surface area contributed by atoms with Gasteiger partial charge in [0.25, 0.3) is 5.91 Å². The van der Waals surface area contributed by atoms with Crippen LogP contribution in [0.25, 0.3) is 0 Å². The molecule has 0 bridgehead atoms. The second kappa shape index (κ2) is 3.48. The molecule has 3 nitrogen and oxygen atoms in total. The number of amides is 1. The molecular weight excluding hydrogens is 160 g/mol. The van der Waals surface area contributed by atoms with Crippen LogP contribution in [0.1, 0.15) is 22.4 Å². The SMILES string of the molecule is CCc1csc(C(=O)NC)n1. The van der Waals surface area contributed by atoms with Gasteiger partial charge in [-0.25, -0.2) is 4.98 Å². The Bertz CT molecular complexity index is 257. The van der Waals surface area contributed by atoms with Crippen molar-refractivity contribution in [3.8, 4) is 0 Å². The minimum atomic E-state index is -0.102. The van der Waals surface area contributed by atoms with Crippen molar-refractivity contribution in [2.45, 2.75) is 13.3 Å². The predicted molar refractivity (Wildman–Crippen MR) is 44.9 cm³/mol. The van der Waals surface area contributed by atoms with E-state index in [2.05, 4.69) is 10.3 Å². The molecule has 0 unspecified atom stereocenters. The van der Waals surface area contributed by atoms with Crippen molar-refractivity contribution in [2.24, 2.45) is 0 Å². The van der Waals surface area contributed by atoms with Gasteiger partial charge in [0.05, 0.1) is 5.69 Å². The molecule has 0 aliphatic carbocycles. The summed E-state index contributed by atoms with van der Waals surface area (Å²) in [5.74, 6) is -0.102. The zero-order valence-corrected chi connectivity index (χ0v) is 7.36. The number of carbonyl (C=O) groups excluding carboxylic acids is 1. The van der Waals surface area contributed by atoms with E-state index in [4.69, 9.17) is 0 Å². The van der Waals surface area contributed by atoms with Gasteiger partial charge in [0.2, 0.25) is 0 Å². The lowest BCUT2D eigenvalue weighted by Crippen LogP contribution is -2.17. The first-order valence-corrected chi connectivity index (χ1v) is 4.32. The topological polar surface area (TPSA) is 42.0 Å². The van der Waals surface area contributed by atoms with E-state index in [-0.39, 0.29) is 5.91 Å². The molecule has 0 atom stereocenters. The number of rotatable bonds is 2. The molecule has 0 saturated heterocycles. The van der Waals surface area contributed by atoms with Gasteiger partial charge >= 0.3 is 0 Å². The predicted octanol–water partition coefficient (Wildman–Crippen LogP) is 1.07. The molecule has 1 N–H and O–H groups in total. The number of thiazole rings is 1. The molecule has 1 heterocycles. The van der Waals surface area contributed by atoms with Crippen LogP contribution in [0.3, 0.4) is 0 Å². The van der Waals surface area contributed by atoms with Gasteiger partial charge < -0.3 is 5.32 Å². The third-order valence-electron chi connectivity index (χ3n) is 1.34. The Morgan fingerprint density at radius 2 is 2.55 bits per heavy atom. The quantitative estimate of drug-likeness (QED) is 0.721. The van der Waals surface area contributed by atoms with Crippen molar-refractivity contribution in [3.05, 3.63) is 16.1 Å². The Labute approximate surface area is 69.5 Å².